The number of carbonyl (C=O) groups excluding carboxylic acids is 1. The fraction of sp³-hybridized carbons (Fsp3) is 0.391. The van der Waals surface area contributed by atoms with Gasteiger partial charge in [0.25, 0.3) is 0 Å². The van der Waals surface area contributed by atoms with Crippen LogP contribution in [-0.2, 0) is 14.6 Å². The Bertz CT molecular complexity index is 1220. The molecule has 3 rings (SSSR count). The number of aromatic nitrogens is 1. The van der Waals surface area contributed by atoms with Crippen molar-refractivity contribution in [3.8, 4) is 5.75 Å². The molecule has 0 saturated heterocycles. The van der Waals surface area contributed by atoms with Gasteiger partial charge in [0.05, 0.1) is 22.2 Å². The number of hydrogen-bond donors (Lipinski definition) is 0. The third kappa shape index (κ3) is 6.03. The summed E-state index contributed by atoms with van der Waals surface area (Å²) in [6.45, 7) is 8.62. The molecule has 0 unspecified atom stereocenters. The van der Waals surface area contributed by atoms with Crippen LogP contribution in [0.2, 0.25) is 5.02 Å². The number of thiazole rings is 1. The number of amides is 1. The Morgan fingerprint density at radius 1 is 1.12 bits per heavy atom. The number of aryl methyl sites for hydroxylation is 1. The van der Waals surface area contributed by atoms with Crippen LogP contribution in [0.3, 0.4) is 0 Å². The summed E-state index contributed by atoms with van der Waals surface area (Å²) in [5.41, 5.74) is 1.67. The fourth-order valence-corrected chi connectivity index (χ4v) is 6.14. The molecule has 0 fully saturated rings. The first kappa shape index (κ1) is 25.4. The number of nitrogens with zero attached hydrogens (tertiary/aromatic N) is 3. The van der Waals surface area contributed by atoms with Crippen molar-refractivity contribution in [2.24, 2.45) is 0 Å². The van der Waals surface area contributed by atoms with Crippen molar-refractivity contribution < 1.29 is 17.9 Å². The van der Waals surface area contributed by atoms with Gasteiger partial charge < -0.3 is 9.64 Å². The van der Waals surface area contributed by atoms with E-state index in [0.29, 0.717) is 29.0 Å². The second-order valence-corrected chi connectivity index (χ2v) is 11.0. The van der Waals surface area contributed by atoms with E-state index in [2.05, 4.69) is 9.88 Å². The van der Waals surface area contributed by atoms with Crippen LogP contribution in [0, 0.1) is 6.92 Å². The quantitative estimate of drug-likeness (QED) is 0.402. The predicted octanol–water partition coefficient (Wildman–Crippen LogP) is 4.42. The summed E-state index contributed by atoms with van der Waals surface area (Å²) in [7, 11) is -2.33. The summed E-state index contributed by atoms with van der Waals surface area (Å²) in [5.74, 6) is -0.613. The number of benzene rings is 2. The number of ether oxygens (including phenoxy) is 1. The van der Waals surface area contributed by atoms with Crippen LogP contribution in [0.25, 0.3) is 10.2 Å². The molecule has 178 valence electrons. The molecule has 1 heterocycles. The monoisotopic (exact) mass is 509 g/mol. The van der Waals surface area contributed by atoms with E-state index in [0.717, 1.165) is 28.9 Å². The number of methoxy groups -OCH3 is 1. The maximum atomic E-state index is 13.3. The van der Waals surface area contributed by atoms with Gasteiger partial charge in [-0.05, 0) is 62.0 Å². The minimum Gasteiger partial charge on any atom is -0.497 e. The minimum atomic E-state index is -3.84. The van der Waals surface area contributed by atoms with E-state index in [1.54, 1.807) is 12.1 Å². The van der Waals surface area contributed by atoms with Crippen molar-refractivity contribution in [3.63, 3.8) is 0 Å². The molecule has 0 radical (unpaired) electrons. The molecule has 0 saturated carbocycles. The number of likely N-dealkylation sites (N-methyl/N-ethyl adjacent to an activating group) is 1. The van der Waals surface area contributed by atoms with E-state index in [4.69, 9.17) is 16.3 Å². The van der Waals surface area contributed by atoms with Gasteiger partial charge in [-0.3, -0.25) is 9.69 Å². The Kier molecular flexibility index (Phi) is 8.33. The van der Waals surface area contributed by atoms with Crippen LogP contribution >= 0.6 is 22.9 Å². The molecule has 1 amide bonds. The van der Waals surface area contributed by atoms with Crippen LogP contribution < -0.4 is 9.64 Å². The van der Waals surface area contributed by atoms with Gasteiger partial charge in [0, 0.05) is 18.1 Å². The van der Waals surface area contributed by atoms with Crippen LogP contribution in [0.15, 0.2) is 41.3 Å². The highest BCUT2D eigenvalue weighted by Gasteiger charge is 2.27. The molecule has 0 spiro atoms. The van der Waals surface area contributed by atoms with Crippen LogP contribution in [-0.4, -0.2) is 63.3 Å². The molecule has 0 bridgehead atoms. The molecule has 7 nitrogen and oxygen atoms in total. The molecular formula is C23H28ClN3O4S2. The SMILES string of the molecule is CCN(CC)CCN(C(=O)CS(=O)(=O)c1ccc(OC)cc1)c1nc2c(C)cc(Cl)cc2s1. The van der Waals surface area contributed by atoms with E-state index in [9.17, 15) is 13.2 Å². The molecule has 0 aliphatic rings. The van der Waals surface area contributed by atoms with Gasteiger partial charge in [0.2, 0.25) is 5.91 Å². The van der Waals surface area contributed by atoms with Gasteiger partial charge in [0.15, 0.2) is 15.0 Å². The van der Waals surface area contributed by atoms with Crippen molar-refractivity contribution in [1.29, 1.82) is 0 Å². The van der Waals surface area contributed by atoms with Crippen LogP contribution in [0.5, 0.6) is 5.75 Å². The van der Waals surface area contributed by atoms with E-state index >= 15 is 0 Å². The van der Waals surface area contributed by atoms with Crippen LogP contribution in [0.4, 0.5) is 5.13 Å². The smallest absolute Gasteiger partial charge is 0.244 e. The summed E-state index contributed by atoms with van der Waals surface area (Å²) in [4.78, 5) is 21.7. The molecule has 0 N–H and O–H groups in total. The molecule has 3 aromatic rings. The van der Waals surface area contributed by atoms with Crippen molar-refractivity contribution in [2.45, 2.75) is 25.7 Å². The lowest BCUT2D eigenvalue weighted by Crippen LogP contribution is -2.41. The maximum Gasteiger partial charge on any atom is 0.244 e. The Morgan fingerprint density at radius 2 is 1.79 bits per heavy atom. The highest BCUT2D eigenvalue weighted by molar-refractivity contribution is 7.92. The summed E-state index contributed by atoms with van der Waals surface area (Å²) < 4.78 is 31.9. The molecule has 2 aromatic carbocycles. The first-order valence-electron chi connectivity index (χ1n) is 10.6. The van der Waals surface area contributed by atoms with Gasteiger partial charge in [0.1, 0.15) is 11.5 Å². The molecule has 0 atom stereocenters. The maximum absolute atomic E-state index is 13.3. The molecule has 10 heteroatoms. The fourth-order valence-electron chi connectivity index (χ4n) is 3.47. The van der Waals surface area contributed by atoms with Gasteiger partial charge in [-0.1, -0.05) is 36.8 Å². The molecular weight excluding hydrogens is 482 g/mol. The minimum absolute atomic E-state index is 0.0762. The number of halogens is 1. The number of hydrogen-bond acceptors (Lipinski definition) is 7. The summed E-state index contributed by atoms with van der Waals surface area (Å²) in [6.07, 6.45) is 0. The number of anilines is 1. The predicted molar refractivity (Wildman–Crippen MR) is 135 cm³/mol. The highest BCUT2D eigenvalue weighted by Crippen LogP contribution is 2.33. The largest absolute Gasteiger partial charge is 0.497 e. The average molecular weight is 510 g/mol. The van der Waals surface area contributed by atoms with Crippen molar-refractivity contribution in [3.05, 3.63) is 47.0 Å². The van der Waals surface area contributed by atoms with Crippen LogP contribution in [0.1, 0.15) is 19.4 Å². The summed E-state index contributed by atoms with van der Waals surface area (Å²) in [6, 6.07) is 9.66. The third-order valence-corrected chi connectivity index (χ3v) is 8.30. The molecule has 0 aliphatic carbocycles. The Balaban J connectivity index is 1.92. The number of rotatable bonds is 10. The van der Waals surface area contributed by atoms with Gasteiger partial charge in [-0.2, -0.15) is 0 Å². The highest BCUT2D eigenvalue weighted by atomic mass is 35.5. The Labute approximate surface area is 203 Å². The second-order valence-electron chi connectivity index (χ2n) is 7.57. The molecule has 33 heavy (non-hydrogen) atoms. The van der Waals surface area contributed by atoms with Gasteiger partial charge in [-0.25, -0.2) is 13.4 Å². The molecule has 1 aromatic heterocycles. The first-order valence-corrected chi connectivity index (χ1v) is 13.5. The lowest BCUT2D eigenvalue weighted by atomic mass is 10.2. The number of fused-ring (bicyclic) bond motifs is 1. The zero-order valence-electron chi connectivity index (χ0n) is 19.2. The summed E-state index contributed by atoms with van der Waals surface area (Å²) >= 11 is 7.53. The topological polar surface area (TPSA) is 79.8 Å². The molecule has 0 aliphatic heterocycles. The lowest BCUT2D eigenvalue weighted by molar-refractivity contribution is -0.116. The van der Waals surface area contributed by atoms with E-state index in [1.807, 2.05) is 32.9 Å². The normalized spacial score (nSPS) is 11.8. The van der Waals surface area contributed by atoms with Crippen molar-refractivity contribution >= 4 is 54.0 Å². The van der Waals surface area contributed by atoms with Gasteiger partial charge >= 0.3 is 0 Å². The second kappa shape index (κ2) is 10.8. The summed E-state index contributed by atoms with van der Waals surface area (Å²) in [5, 5.41) is 1.07. The van der Waals surface area contributed by atoms with E-state index in [1.165, 1.54) is 35.5 Å². The zero-order valence-corrected chi connectivity index (χ0v) is 21.6. The first-order chi connectivity index (χ1) is 15.7. The Morgan fingerprint density at radius 3 is 2.39 bits per heavy atom. The third-order valence-electron chi connectivity index (χ3n) is 5.44. The van der Waals surface area contributed by atoms with Crippen molar-refractivity contribution in [2.75, 3.05) is 43.9 Å². The standard InChI is InChI=1S/C23H28ClN3O4S2/c1-5-26(6-2)11-12-27(23-25-22-16(3)13-17(24)14-20(22)32-23)21(28)15-33(29,30)19-9-7-18(31-4)8-10-19/h7-10,13-14H,5-6,11-12,15H2,1-4H3. The van der Waals surface area contributed by atoms with Crippen molar-refractivity contribution in [1.82, 2.24) is 9.88 Å². The van der Waals surface area contributed by atoms with E-state index in [-0.39, 0.29) is 4.90 Å². The Hall–Kier alpha value is -2.20. The lowest BCUT2D eigenvalue weighted by Gasteiger charge is -2.24. The number of sulfone groups is 1. The van der Waals surface area contributed by atoms with E-state index < -0.39 is 21.5 Å². The number of carbonyl (C=O) groups is 1. The van der Waals surface area contributed by atoms with Gasteiger partial charge in [-0.15, -0.1) is 0 Å². The zero-order chi connectivity index (χ0) is 24.2. The average Bonchev–Trinajstić information content (AvgIpc) is 3.20.